The second kappa shape index (κ2) is 11.6. The van der Waals surface area contributed by atoms with Gasteiger partial charge >= 0.3 is 18.4 Å². The van der Waals surface area contributed by atoms with Gasteiger partial charge in [-0.1, -0.05) is 42.5 Å². The Labute approximate surface area is 232 Å². The number of fused-ring (bicyclic) bond motifs is 1. The van der Waals surface area contributed by atoms with E-state index < -0.39 is 36.1 Å². The molecule has 1 saturated heterocycles. The first-order valence-electron chi connectivity index (χ1n) is 12.7. The van der Waals surface area contributed by atoms with Gasteiger partial charge in [-0.05, 0) is 48.7 Å². The van der Waals surface area contributed by atoms with Gasteiger partial charge in [-0.25, -0.2) is 9.59 Å². The van der Waals surface area contributed by atoms with E-state index in [1.54, 1.807) is 28.8 Å². The zero-order chi connectivity index (χ0) is 29.0. The summed E-state index contributed by atoms with van der Waals surface area (Å²) in [5, 5.41) is 5.35. The van der Waals surface area contributed by atoms with Gasteiger partial charge in [0.2, 0.25) is 5.91 Å². The summed E-state index contributed by atoms with van der Waals surface area (Å²) < 4.78 is 48.7. The van der Waals surface area contributed by atoms with Crippen molar-refractivity contribution in [3.8, 4) is 5.75 Å². The number of benzene rings is 2. The summed E-state index contributed by atoms with van der Waals surface area (Å²) in [6, 6.07) is 19.5. The quantitative estimate of drug-likeness (QED) is 0.274. The van der Waals surface area contributed by atoms with Crippen molar-refractivity contribution in [3.05, 3.63) is 96.3 Å². The number of carbonyl (C=O) groups excluding carboxylic acids is 3. The highest BCUT2D eigenvalue weighted by Gasteiger charge is 2.35. The predicted octanol–water partition coefficient (Wildman–Crippen LogP) is 5.83. The van der Waals surface area contributed by atoms with Crippen LogP contribution in [-0.4, -0.2) is 46.2 Å². The van der Waals surface area contributed by atoms with E-state index in [0.29, 0.717) is 30.6 Å². The number of carbonyl (C=O) groups is 3. The standard InChI is InChI=1S/C29H25F3N4O5/c30-29(31,32)41-21-11-6-10-20(16-21)33-26(37)24-13-7-15-36(24)28(39)34-22-17-25(35-14-5-4-12-23(22)35)27(38)40-18-19-8-2-1-3-9-19/h1-6,8-12,14,16-17,24H,7,13,15,18H2,(H,33,37)(H,34,39). The average Bonchev–Trinajstić information content (AvgIpc) is 3.58. The zero-order valence-corrected chi connectivity index (χ0v) is 21.6. The lowest BCUT2D eigenvalue weighted by atomic mass is 10.2. The molecule has 2 aromatic carbocycles. The Hall–Kier alpha value is -5.00. The lowest BCUT2D eigenvalue weighted by Gasteiger charge is -2.24. The molecule has 0 aliphatic carbocycles. The molecule has 1 fully saturated rings. The van der Waals surface area contributed by atoms with E-state index in [-0.39, 0.29) is 18.0 Å². The van der Waals surface area contributed by atoms with Crippen molar-refractivity contribution in [3.63, 3.8) is 0 Å². The molecule has 0 radical (unpaired) electrons. The molecule has 1 atom stereocenters. The molecule has 9 nitrogen and oxygen atoms in total. The number of urea groups is 1. The maximum Gasteiger partial charge on any atom is 0.573 e. The van der Waals surface area contributed by atoms with Crippen molar-refractivity contribution >= 4 is 34.8 Å². The minimum absolute atomic E-state index is 0.0806. The van der Waals surface area contributed by atoms with Crippen LogP contribution in [-0.2, 0) is 16.1 Å². The Balaban J connectivity index is 1.28. The summed E-state index contributed by atoms with van der Waals surface area (Å²) >= 11 is 0. The van der Waals surface area contributed by atoms with Gasteiger partial charge in [-0.15, -0.1) is 13.2 Å². The first-order chi connectivity index (χ1) is 19.7. The Morgan fingerprint density at radius 3 is 2.49 bits per heavy atom. The number of hydrogen-bond acceptors (Lipinski definition) is 5. The number of ether oxygens (including phenoxy) is 2. The number of halogens is 3. The third-order valence-electron chi connectivity index (χ3n) is 6.49. The lowest BCUT2D eigenvalue weighted by Crippen LogP contribution is -2.45. The van der Waals surface area contributed by atoms with Gasteiger partial charge in [0.1, 0.15) is 24.1 Å². The first-order valence-corrected chi connectivity index (χ1v) is 12.7. The number of esters is 1. The fraction of sp³-hybridized carbons (Fsp3) is 0.207. The van der Waals surface area contributed by atoms with Gasteiger partial charge in [0, 0.05) is 24.5 Å². The molecule has 2 aromatic heterocycles. The van der Waals surface area contributed by atoms with E-state index in [0.717, 1.165) is 17.7 Å². The van der Waals surface area contributed by atoms with Crippen molar-refractivity contribution in [1.82, 2.24) is 9.30 Å². The van der Waals surface area contributed by atoms with Gasteiger partial charge in [0.05, 0.1) is 11.2 Å². The summed E-state index contributed by atoms with van der Waals surface area (Å²) in [4.78, 5) is 40.6. The fourth-order valence-electron chi connectivity index (χ4n) is 4.67. The van der Waals surface area contributed by atoms with E-state index in [1.807, 2.05) is 30.3 Å². The third-order valence-corrected chi connectivity index (χ3v) is 6.49. The summed E-state index contributed by atoms with van der Waals surface area (Å²) in [6.07, 6.45) is -2.28. The minimum atomic E-state index is -4.87. The molecule has 12 heteroatoms. The van der Waals surface area contributed by atoms with Crippen LogP contribution in [0, 0.1) is 0 Å². The Morgan fingerprint density at radius 2 is 1.71 bits per heavy atom. The summed E-state index contributed by atoms with van der Waals surface area (Å²) in [6.45, 7) is 0.371. The number of aromatic nitrogens is 1. The van der Waals surface area contributed by atoms with Crippen LogP contribution in [0.1, 0.15) is 28.9 Å². The highest BCUT2D eigenvalue weighted by Crippen LogP contribution is 2.28. The maximum atomic E-state index is 13.3. The number of nitrogens with zero attached hydrogens (tertiary/aromatic N) is 2. The molecule has 1 unspecified atom stereocenters. The number of likely N-dealkylation sites (tertiary alicyclic amines) is 1. The van der Waals surface area contributed by atoms with Crippen molar-refractivity contribution in [1.29, 1.82) is 0 Å². The van der Waals surface area contributed by atoms with E-state index >= 15 is 0 Å². The molecule has 212 valence electrons. The number of alkyl halides is 3. The second-order valence-corrected chi connectivity index (χ2v) is 9.31. The average molecular weight is 567 g/mol. The van der Waals surface area contributed by atoms with E-state index in [2.05, 4.69) is 15.4 Å². The minimum Gasteiger partial charge on any atom is -0.456 e. The molecule has 0 spiro atoms. The van der Waals surface area contributed by atoms with Gasteiger partial charge in [-0.2, -0.15) is 0 Å². The topological polar surface area (TPSA) is 101 Å². The van der Waals surface area contributed by atoms with Crippen LogP contribution in [0.25, 0.3) is 5.52 Å². The molecule has 41 heavy (non-hydrogen) atoms. The SMILES string of the molecule is O=C(OCc1ccccc1)c1cc(NC(=O)N2CCCC2C(=O)Nc2cccc(OC(F)(F)F)c2)c2ccccn12. The van der Waals surface area contributed by atoms with Gasteiger partial charge < -0.3 is 29.4 Å². The maximum absolute atomic E-state index is 13.3. The first kappa shape index (κ1) is 27.6. The number of rotatable bonds is 7. The Kier molecular flexibility index (Phi) is 7.81. The zero-order valence-electron chi connectivity index (χ0n) is 21.6. The van der Waals surface area contributed by atoms with Crippen LogP contribution in [0.5, 0.6) is 5.75 Å². The van der Waals surface area contributed by atoms with Crippen molar-refractivity contribution in [2.75, 3.05) is 17.2 Å². The van der Waals surface area contributed by atoms with Gasteiger partial charge in [0.15, 0.2) is 0 Å². The highest BCUT2D eigenvalue weighted by molar-refractivity contribution is 6.02. The number of hydrogen-bond donors (Lipinski definition) is 2. The summed E-state index contributed by atoms with van der Waals surface area (Å²) in [5.41, 5.74) is 2.04. The number of amides is 3. The van der Waals surface area contributed by atoms with Crippen LogP contribution in [0.2, 0.25) is 0 Å². The Morgan fingerprint density at radius 1 is 0.927 bits per heavy atom. The van der Waals surface area contributed by atoms with Crippen LogP contribution in [0.4, 0.5) is 29.3 Å². The van der Waals surface area contributed by atoms with Gasteiger partial charge in [-0.3, -0.25) is 4.79 Å². The van der Waals surface area contributed by atoms with E-state index in [1.165, 1.54) is 23.1 Å². The molecule has 2 N–H and O–H groups in total. The number of nitrogens with one attached hydrogen (secondary N) is 2. The van der Waals surface area contributed by atoms with Gasteiger partial charge in [0.25, 0.3) is 0 Å². The molecule has 3 amide bonds. The summed E-state index contributed by atoms with van der Waals surface area (Å²) in [7, 11) is 0. The molecular formula is C29H25F3N4O5. The lowest BCUT2D eigenvalue weighted by molar-refractivity contribution is -0.274. The Bertz CT molecular complexity index is 1570. The van der Waals surface area contributed by atoms with E-state index in [4.69, 9.17) is 4.74 Å². The van der Waals surface area contributed by atoms with Crippen molar-refractivity contribution < 1.29 is 37.0 Å². The van der Waals surface area contributed by atoms with Crippen molar-refractivity contribution in [2.24, 2.45) is 0 Å². The molecule has 0 saturated carbocycles. The van der Waals surface area contributed by atoms with Crippen LogP contribution in [0.15, 0.2) is 85.1 Å². The fourth-order valence-corrected chi connectivity index (χ4v) is 4.67. The largest absolute Gasteiger partial charge is 0.573 e. The molecule has 0 bridgehead atoms. The monoisotopic (exact) mass is 566 g/mol. The third kappa shape index (κ3) is 6.60. The van der Waals surface area contributed by atoms with Crippen LogP contribution < -0.4 is 15.4 Å². The normalized spacial score (nSPS) is 15.0. The smallest absolute Gasteiger partial charge is 0.456 e. The van der Waals surface area contributed by atoms with Crippen molar-refractivity contribution in [2.45, 2.75) is 31.9 Å². The van der Waals surface area contributed by atoms with E-state index in [9.17, 15) is 27.6 Å². The predicted molar refractivity (Wildman–Crippen MR) is 143 cm³/mol. The summed E-state index contributed by atoms with van der Waals surface area (Å²) in [5.74, 6) is -1.60. The van der Waals surface area contributed by atoms with Crippen LogP contribution in [0.3, 0.4) is 0 Å². The van der Waals surface area contributed by atoms with Crippen LogP contribution >= 0.6 is 0 Å². The molecule has 1 aliphatic rings. The highest BCUT2D eigenvalue weighted by atomic mass is 19.4. The molecule has 4 aromatic rings. The second-order valence-electron chi connectivity index (χ2n) is 9.31. The number of anilines is 2. The molecule has 5 rings (SSSR count). The number of pyridine rings is 1. The molecule has 1 aliphatic heterocycles. The molecule has 3 heterocycles. The molecular weight excluding hydrogens is 541 g/mol.